The molecule has 1 atom stereocenters. The Kier molecular flexibility index (Phi) is 5.06. The molecule has 0 aromatic heterocycles. The summed E-state index contributed by atoms with van der Waals surface area (Å²) in [4.78, 5) is 22.9. The Labute approximate surface area is 111 Å². The molecule has 5 heteroatoms. The molecule has 0 aliphatic carbocycles. The van der Waals surface area contributed by atoms with Gasteiger partial charge in [-0.1, -0.05) is 18.2 Å². The van der Waals surface area contributed by atoms with Crippen LogP contribution < -0.4 is 0 Å². The van der Waals surface area contributed by atoms with Crippen LogP contribution in [-0.2, 0) is 14.3 Å². The fourth-order valence-electron chi connectivity index (χ4n) is 1.74. The molecule has 104 valence electrons. The minimum atomic E-state index is -1.11. The Morgan fingerprint density at radius 1 is 1.42 bits per heavy atom. The zero-order chi connectivity index (χ0) is 14.5. The number of hydrogen-bond donors (Lipinski definition) is 2. The summed E-state index contributed by atoms with van der Waals surface area (Å²) < 4.78 is 5.08. The Bertz CT molecular complexity index is 458. The van der Waals surface area contributed by atoms with Gasteiger partial charge in [-0.25, -0.2) is 4.79 Å². The van der Waals surface area contributed by atoms with Crippen LogP contribution in [0, 0.1) is 0 Å². The molecule has 0 amide bonds. The van der Waals surface area contributed by atoms with Gasteiger partial charge >= 0.3 is 5.97 Å². The van der Waals surface area contributed by atoms with Crippen LogP contribution in [0.15, 0.2) is 35.6 Å². The quantitative estimate of drug-likeness (QED) is 0.433. The Morgan fingerprint density at radius 3 is 2.63 bits per heavy atom. The summed E-state index contributed by atoms with van der Waals surface area (Å²) in [5.41, 5.74) is -0.914. The first-order valence-corrected chi connectivity index (χ1v) is 6.01. The molecule has 1 aliphatic rings. The zero-order valence-electron chi connectivity index (χ0n) is 11.0. The average Bonchev–Trinajstić information content (AvgIpc) is 2.57. The third-order valence-corrected chi connectivity index (χ3v) is 2.96. The van der Waals surface area contributed by atoms with Gasteiger partial charge in [-0.2, -0.15) is 0 Å². The van der Waals surface area contributed by atoms with E-state index in [0.29, 0.717) is 0 Å². The third kappa shape index (κ3) is 3.79. The maximum atomic E-state index is 11.6. The first kappa shape index (κ1) is 15.2. The van der Waals surface area contributed by atoms with Crippen molar-refractivity contribution in [2.24, 2.45) is 0 Å². The predicted molar refractivity (Wildman–Crippen MR) is 69.4 cm³/mol. The normalized spacial score (nSPS) is 23.6. The molecule has 0 bridgehead atoms. The number of ketones is 1. The lowest BCUT2D eigenvalue weighted by Crippen LogP contribution is -2.28. The number of hydrogen-bond acceptors (Lipinski definition) is 5. The first-order chi connectivity index (χ1) is 8.90. The number of rotatable bonds is 6. The van der Waals surface area contributed by atoms with Gasteiger partial charge in [-0.3, -0.25) is 4.79 Å². The number of cyclic esters (lactones) is 1. The lowest BCUT2D eigenvalue weighted by Gasteiger charge is -2.22. The molecule has 1 aliphatic heterocycles. The first-order valence-electron chi connectivity index (χ1n) is 6.01. The number of esters is 1. The molecule has 0 aromatic carbocycles. The number of carbonyl (C=O) groups excluding carboxylic acids is 2. The zero-order valence-corrected chi connectivity index (χ0v) is 11.0. The number of allylic oxidation sites excluding steroid dienone is 3. The van der Waals surface area contributed by atoms with Crippen molar-refractivity contribution in [2.75, 3.05) is 6.61 Å². The lowest BCUT2D eigenvalue weighted by atomic mass is 9.95. The van der Waals surface area contributed by atoms with Crippen molar-refractivity contribution in [1.29, 1.82) is 0 Å². The molecule has 0 aromatic rings. The molecule has 5 nitrogen and oxygen atoms in total. The number of ether oxygens (including phenoxy) is 1. The predicted octanol–water partition coefficient (Wildman–Crippen LogP) is 1.59. The second-order valence-electron chi connectivity index (χ2n) is 4.53. The lowest BCUT2D eigenvalue weighted by molar-refractivity contribution is -0.148. The van der Waals surface area contributed by atoms with E-state index in [9.17, 15) is 14.7 Å². The summed E-state index contributed by atoms with van der Waals surface area (Å²) in [5.74, 6) is -0.791. The summed E-state index contributed by atoms with van der Waals surface area (Å²) >= 11 is 0. The van der Waals surface area contributed by atoms with E-state index in [1.54, 1.807) is 13.0 Å². The number of aliphatic hydroxyl groups is 2. The molecular weight excluding hydrogens is 248 g/mol. The molecule has 0 saturated carbocycles. The minimum absolute atomic E-state index is 0.0789. The van der Waals surface area contributed by atoms with Gasteiger partial charge in [0.1, 0.15) is 5.76 Å². The van der Waals surface area contributed by atoms with Gasteiger partial charge < -0.3 is 14.9 Å². The molecule has 0 saturated heterocycles. The van der Waals surface area contributed by atoms with Gasteiger partial charge in [0.25, 0.3) is 0 Å². The second-order valence-corrected chi connectivity index (χ2v) is 4.53. The van der Waals surface area contributed by atoms with Crippen molar-refractivity contribution in [3.8, 4) is 0 Å². The third-order valence-electron chi connectivity index (χ3n) is 2.96. The van der Waals surface area contributed by atoms with E-state index in [1.807, 2.05) is 0 Å². The Morgan fingerprint density at radius 2 is 2.11 bits per heavy atom. The standard InChI is InChI=1S/C14H18O5/c1-10-12(17)14(2,19-13(10)18)8-7-11(16)6-4-3-5-9-15/h3-6,15,17H,7-9H2,1-2H3/b5-3+,6-4+/t14-/m0/s1. The van der Waals surface area contributed by atoms with Gasteiger partial charge in [-0.05, 0) is 19.9 Å². The van der Waals surface area contributed by atoms with Crippen LogP contribution in [0.25, 0.3) is 0 Å². The Balaban J connectivity index is 2.54. The molecule has 0 unspecified atom stereocenters. The highest BCUT2D eigenvalue weighted by atomic mass is 16.6. The van der Waals surface area contributed by atoms with Gasteiger partial charge in [0.2, 0.25) is 0 Å². The maximum Gasteiger partial charge on any atom is 0.338 e. The van der Waals surface area contributed by atoms with Crippen LogP contribution in [0.4, 0.5) is 0 Å². The Hall–Kier alpha value is -1.88. The van der Waals surface area contributed by atoms with Crippen molar-refractivity contribution >= 4 is 11.8 Å². The summed E-state index contributed by atoms with van der Waals surface area (Å²) in [7, 11) is 0. The fourth-order valence-corrected chi connectivity index (χ4v) is 1.74. The van der Waals surface area contributed by atoms with E-state index in [2.05, 4.69) is 0 Å². The molecular formula is C14H18O5. The average molecular weight is 266 g/mol. The highest BCUT2D eigenvalue weighted by molar-refractivity contribution is 5.92. The van der Waals surface area contributed by atoms with Crippen molar-refractivity contribution in [3.05, 3.63) is 35.6 Å². The van der Waals surface area contributed by atoms with Crippen LogP contribution in [-0.4, -0.2) is 34.2 Å². The molecule has 2 N–H and O–H groups in total. The van der Waals surface area contributed by atoms with E-state index in [1.165, 1.54) is 25.2 Å². The second kappa shape index (κ2) is 6.33. The van der Waals surface area contributed by atoms with Crippen molar-refractivity contribution in [2.45, 2.75) is 32.3 Å². The maximum absolute atomic E-state index is 11.6. The SMILES string of the molecule is CC1=C(O)[C@](C)(CCC(=O)/C=C/C=C/CO)OC1=O. The van der Waals surface area contributed by atoms with Crippen molar-refractivity contribution < 1.29 is 24.5 Å². The number of carbonyl (C=O) groups is 2. The summed E-state index contributed by atoms with van der Waals surface area (Å²) in [6, 6.07) is 0. The van der Waals surface area contributed by atoms with Crippen LogP contribution in [0.3, 0.4) is 0 Å². The van der Waals surface area contributed by atoms with Crippen LogP contribution in [0.2, 0.25) is 0 Å². The van der Waals surface area contributed by atoms with Gasteiger partial charge in [0, 0.05) is 12.8 Å². The topological polar surface area (TPSA) is 83.8 Å². The highest BCUT2D eigenvalue weighted by Crippen LogP contribution is 2.34. The van der Waals surface area contributed by atoms with E-state index in [-0.39, 0.29) is 36.6 Å². The number of aliphatic hydroxyl groups excluding tert-OH is 2. The molecule has 0 radical (unpaired) electrons. The van der Waals surface area contributed by atoms with Gasteiger partial charge in [0.15, 0.2) is 11.4 Å². The molecule has 0 fully saturated rings. The molecule has 1 rings (SSSR count). The fraction of sp³-hybridized carbons (Fsp3) is 0.429. The summed E-state index contributed by atoms with van der Waals surface area (Å²) in [5, 5.41) is 18.3. The van der Waals surface area contributed by atoms with E-state index < -0.39 is 11.6 Å². The minimum Gasteiger partial charge on any atom is -0.507 e. The van der Waals surface area contributed by atoms with E-state index in [4.69, 9.17) is 9.84 Å². The van der Waals surface area contributed by atoms with Crippen molar-refractivity contribution in [1.82, 2.24) is 0 Å². The van der Waals surface area contributed by atoms with Gasteiger partial charge in [-0.15, -0.1) is 0 Å². The van der Waals surface area contributed by atoms with E-state index in [0.717, 1.165) is 0 Å². The van der Waals surface area contributed by atoms with Gasteiger partial charge in [0.05, 0.1) is 12.2 Å². The monoisotopic (exact) mass is 266 g/mol. The largest absolute Gasteiger partial charge is 0.507 e. The smallest absolute Gasteiger partial charge is 0.338 e. The summed E-state index contributed by atoms with van der Waals surface area (Å²) in [6.45, 7) is 2.99. The molecule has 19 heavy (non-hydrogen) atoms. The summed E-state index contributed by atoms with van der Waals surface area (Å²) in [6.07, 6.45) is 6.36. The van der Waals surface area contributed by atoms with Crippen LogP contribution >= 0.6 is 0 Å². The molecule has 1 heterocycles. The highest BCUT2D eigenvalue weighted by Gasteiger charge is 2.42. The molecule has 0 spiro atoms. The van der Waals surface area contributed by atoms with Crippen LogP contribution in [0.5, 0.6) is 0 Å². The van der Waals surface area contributed by atoms with E-state index >= 15 is 0 Å². The van der Waals surface area contributed by atoms with Crippen molar-refractivity contribution in [3.63, 3.8) is 0 Å². The van der Waals surface area contributed by atoms with Crippen LogP contribution in [0.1, 0.15) is 26.7 Å².